The number of nitro groups is 1. The number of amides is 1. The third kappa shape index (κ3) is 5.11. The average molecular weight is 411 g/mol. The molecule has 2 aromatic rings. The van der Waals surface area contributed by atoms with Gasteiger partial charge in [-0.05, 0) is 31.5 Å². The number of aryl methyl sites for hydroxylation is 1. The van der Waals surface area contributed by atoms with E-state index in [1.807, 2.05) is 0 Å². The quantitative estimate of drug-likeness (QED) is 0.539. The zero-order valence-electron chi connectivity index (χ0n) is 15.7. The van der Waals surface area contributed by atoms with Gasteiger partial charge in [0.05, 0.1) is 18.0 Å². The van der Waals surface area contributed by atoms with Gasteiger partial charge in [0, 0.05) is 36.8 Å². The minimum absolute atomic E-state index is 0.0185. The van der Waals surface area contributed by atoms with Crippen molar-refractivity contribution in [3.63, 3.8) is 0 Å². The first-order valence-electron chi connectivity index (χ1n) is 8.97. The highest BCUT2D eigenvalue weighted by molar-refractivity contribution is 5.96. The highest BCUT2D eigenvalue weighted by Gasteiger charge is 2.29. The van der Waals surface area contributed by atoms with Crippen LogP contribution >= 0.6 is 0 Å². The lowest BCUT2D eigenvalue weighted by Crippen LogP contribution is -2.41. The second-order valence-electron chi connectivity index (χ2n) is 6.98. The molecule has 0 saturated heterocycles. The average Bonchev–Trinajstić information content (AvgIpc) is 3.05. The Hall–Kier alpha value is -2.95. The number of fused-ring (bicyclic) bond motifs is 1. The topological polar surface area (TPSA) is 84.5 Å². The van der Waals surface area contributed by atoms with Crippen molar-refractivity contribution in [3.8, 4) is 0 Å². The van der Waals surface area contributed by atoms with Crippen LogP contribution in [0, 0.1) is 10.1 Å². The number of rotatable bonds is 6. The Balaban J connectivity index is 1.67. The number of nitrogens with zero attached hydrogens (tertiary/aromatic N) is 5. The number of likely N-dealkylation sites (N-methyl/N-ethyl adjacent to an activating group) is 1. The smallest absolute Gasteiger partial charge is 0.325 e. The van der Waals surface area contributed by atoms with Gasteiger partial charge in [0.2, 0.25) is 5.91 Å². The fourth-order valence-corrected chi connectivity index (χ4v) is 3.40. The number of non-ortho nitro benzene ring substituents is 1. The van der Waals surface area contributed by atoms with Crippen molar-refractivity contribution in [1.82, 2.24) is 14.5 Å². The first kappa shape index (κ1) is 20.8. The number of carbonyl (C=O) groups excluding carboxylic acids is 1. The molecule has 0 fully saturated rings. The van der Waals surface area contributed by atoms with Crippen molar-refractivity contribution in [2.75, 3.05) is 25.0 Å². The van der Waals surface area contributed by atoms with Gasteiger partial charge in [0.15, 0.2) is 0 Å². The fraction of sp³-hybridized carbons (Fsp3) is 0.444. The van der Waals surface area contributed by atoms with E-state index in [9.17, 15) is 28.1 Å². The summed E-state index contributed by atoms with van der Waals surface area (Å²) < 4.78 is 38.9. The molecule has 1 amide bonds. The van der Waals surface area contributed by atoms with Gasteiger partial charge in [0.25, 0.3) is 5.69 Å². The van der Waals surface area contributed by atoms with E-state index in [2.05, 4.69) is 4.98 Å². The molecule has 156 valence electrons. The minimum atomic E-state index is -4.36. The number of carbonyl (C=O) groups is 1. The molecule has 2 heterocycles. The second-order valence-corrected chi connectivity index (χ2v) is 6.98. The number of aromatic nitrogens is 2. The number of alkyl halides is 3. The van der Waals surface area contributed by atoms with Gasteiger partial charge in [-0.25, -0.2) is 4.98 Å². The lowest BCUT2D eigenvalue weighted by molar-refractivity contribution is -0.384. The lowest BCUT2D eigenvalue weighted by atomic mass is 10.0. The van der Waals surface area contributed by atoms with E-state index in [1.54, 1.807) is 22.9 Å². The molecule has 0 unspecified atom stereocenters. The van der Waals surface area contributed by atoms with E-state index in [4.69, 9.17) is 0 Å². The minimum Gasteiger partial charge on any atom is -0.325 e. The van der Waals surface area contributed by atoms with Crippen molar-refractivity contribution in [2.45, 2.75) is 32.1 Å². The number of halogens is 3. The molecule has 0 saturated carbocycles. The van der Waals surface area contributed by atoms with Gasteiger partial charge in [-0.3, -0.25) is 19.8 Å². The number of imidazole rings is 1. The van der Waals surface area contributed by atoms with Crippen molar-refractivity contribution < 1.29 is 22.9 Å². The first-order valence-corrected chi connectivity index (χ1v) is 8.97. The predicted molar refractivity (Wildman–Crippen MR) is 98.4 cm³/mol. The lowest BCUT2D eigenvalue weighted by Gasteiger charge is -2.30. The molecule has 11 heteroatoms. The molecule has 0 radical (unpaired) electrons. The molecule has 0 spiro atoms. The van der Waals surface area contributed by atoms with Gasteiger partial charge in [-0.1, -0.05) is 0 Å². The van der Waals surface area contributed by atoms with E-state index in [1.165, 1.54) is 24.5 Å². The van der Waals surface area contributed by atoms with Gasteiger partial charge in [-0.2, -0.15) is 13.2 Å². The SMILES string of the molecule is CN(CC(=O)N1CCCc2cc([N+](=O)[O-])ccc21)Cc1nccn1CC(F)(F)F. The van der Waals surface area contributed by atoms with Crippen LogP contribution in [0.25, 0.3) is 0 Å². The summed E-state index contributed by atoms with van der Waals surface area (Å²) in [4.78, 5) is 30.4. The summed E-state index contributed by atoms with van der Waals surface area (Å²) in [6, 6.07) is 4.41. The molecule has 29 heavy (non-hydrogen) atoms. The van der Waals surface area contributed by atoms with E-state index in [0.29, 0.717) is 25.1 Å². The Morgan fingerprint density at radius 2 is 2.14 bits per heavy atom. The van der Waals surface area contributed by atoms with E-state index >= 15 is 0 Å². The number of benzene rings is 1. The van der Waals surface area contributed by atoms with Gasteiger partial charge in [0.1, 0.15) is 12.4 Å². The zero-order valence-corrected chi connectivity index (χ0v) is 15.7. The summed E-state index contributed by atoms with van der Waals surface area (Å²) in [5.41, 5.74) is 1.35. The zero-order chi connectivity index (χ0) is 21.2. The van der Waals surface area contributed by atoms with Crippen molar-refractivity contribution in [2.24, 2.45) is 0 Å². The molecule has 3 rings (SSSR count). The number of nitro benzene ring substituents is 1. The fourth-order valence-electron chi connectivity index (χ4n) is 3.40. The van der Waals surface area contributed by atoms with Crippen LogP contribution in [0.5, 0.6) is 0 Å². The maximum absolute atomic E-state index is 12.8. The molecular formula is C18H20F3N5O3. The molecule has 1 aliphatic rings. The van der Waals surface area contributed by atoms with Crippen LogP contribution in [0.3, 0.4) is 0 Å². The monoisotopic (exact) mass is 411 g/mol. The molecule has 1 aromatic carbocycles. The molecule has 0 aliphatic carbocycles. The molecule has 0 bridgehead atoms. The predicted octanol–water partition coefficient (Wildman–Crippen LogP) is 2.76. The Bertz CT molecular complexity index is 912. The van der Waals surface area contributed by atoms with Crippen LogP contribution in [-0.2, 0) is 24.3 Å². The Morgan fingerprint density at radius 3 is 2.83 bits per heavy atom. The molecule has 0 atom stereocenters. The normalized spacial score (nSPS) is 14.2. The third-order valence-corrected chi connectivity index (χ3v) is 4.66. The van der Waals surface area contributed by atoms with Crippen LogP contribution in [-0.4, -0.2) is 51.6 Å². The van der Waals surface area contributed by atoms with Crippen molar-refractivity contribution in [3.05, 3.63) is 52.1 Å². The van der Waals surface area contributed by atoms with E-state index < -0.39 is 17.6 Å². The number of anilines is 1. The molecule has 1 aliphatic heterocycles. The maximum atomic E-state index is 12.8. The van der Waals surface area contributed by atoms with Crippen LogP contribution in [0.15, 0.2) is 30.6 Å². The maximum Gasteiger partial charge on any atom is 0.406 e. The van der Waals surface area contributed by atoms with Crippen LogP contribution < -0.4 is 4.90 Å². The standard InChI is InChI=1S/C18H20F3N5O3/c1-23(10-16-22-6-8-24(16)12-18(19,20)21)11-17(27)25-7-2-3-13-9-14(26(28)29)4-5-15(13)25/h4-6,8-9H,2-3,7,10-12H2,1H3. The third-order valence-electron chi connectivity index (χ3n) is 4.66. The summed E-state index contributed by atoms with van der Waals surface area (Å²) in [5.74, 6) is -0.0106. The van der Waals surface area contributed by atoms with E-state index in [-0.39, 0.29) is 30.5 Å². The molecule has 0 N–H and O–H groups in total. The highest BCUT2D eigenvalue weighted by atomic mass is 19.4. The molecular weight excluding hydrogens is 391 g/mol. The van der Waals surface area contributed by atoms with Crippen LogP contribution in [0.4, 0.5) is 24.5 Å². The summed E-state index contributed by atoms with van der Waals surface area (Å²) in [6.45, 7) is -0.590. The van der Waals surface area contributed by atoms with Gasteiger partial charge >= 0.3 is 6.18 Å². The Morgan fingerprint density at radius 1 is 1.38 bits per heavy atom. The summed E-state index contributed by atoms with van der Waals surface area (Å²) in [7, 11) is 1.63. The number of hydrogen-bond acceptors (Lipinski definition) is 5. The molecule has 1 aromatic heterocycles. The van der Waals surface area contributed by atoms with Crippen molar-refractivity contribution in [1.29, 1.82) is 0 Å². The Kier molecular flexibility index (Phi) is 5.87. The summed E-state index contributed by atoms with van der Waals surface area (Å²) in [6.07, 6.45) is -0.480. The van der Waals surface area contributed by atoms with Crippen LogP contribution in [0.1, 0.15) is 17.8 Å². The first-order chi connectivity index (χ1) is 13.6. The van der Waals surface area contributed by atoms with Crippen molar-refractivity contribution >= 4 is 17.3 Å². The highest BCUT2D eigenvalue weighted by Crippen LogP contribution is 2.30. The summed E-state index contributed by atoms with van der Waals surface area (Å²) in [5, 5.41) is 11.0. The molecule has 8 nitrogen and oxygen atoms in total. The van der Waals surface area contributed by atoms with Crippen LogP contribution in [0.2, 0.25) is 0 Å². The van der Waals surface area contributed by atoms with Gasteiger partial charge < -0.3 is 9.47 Å². The van der Waals surface area contributed by atoms with Gasteiger partial charge in [-0.15, -0.1) is 0 Å². The second kappa shape index (κ2) is 8.19. The van der Waals surface area contributed by atoms with E-state index in [0.717, 1.165) is 10.1 Å². The summed E-state index contributed by atoms with van der Waals surface area (Å²) >= 11 is 0. The largest absolute Gasteiger partial charge is 0.406 e. The number of hydrogen-bond donors (Lipinski definition) is 0. The Labute approximate surface area is 164 Å².